The van der Waals surface area contributed by atoms with Gasteiger partial charge in [0, 0.05) is 11.1 Å². The molecule has 0 amide bonds. The molecular formula is C13H10N2O3. The zero-order valence-electron chi connectivity index (χ0n) is 9.47. The Kier molecular flexibility index (Phi) is 1.87. The highest BCUT2D eigenvalue weighted by molar-refractivity contribution is 6.01. The summed E-state index contributed by atoms with van der Waals surface area (Å²) in [5.74, 6) is 0.768. The number of ketones is 1. The van der Waals surface area contributed by atoms with Gasteiger partial charge in [-0.05, 0) is 12.1 Å². The number of hydrogen-bond donors (Lipinski definition) is 1. The van der Waals surface area contributed by atoms with Crippen molar-refractivity contribution in [1.29, 1.82) is 0 Å². The lowest BCUT2D eigenvalue weighted by Crippen LogP contribution is -2.13. The molecule has 1 fully saturated rings. The molecule has 1 atom stereocenters. The van der Waals surface area contributed by atoms with E-state index in [0.29, 0.717) is 18.9 Å². The zero-order valence-corrected chi connectivity index (χ0v) is 9.47. The SMILES string of the molecule is O=C(c1[nH]nc2c1COc1ccccc1-2)C1CO1. The van der Waals surface area contributed by atoms with Crippen LogP contribution in [0, 0.1) is 0 Å². The number of fused-ring (bicyclic) bond motifs is 3. The average Bonchev–Trinajstić information content (AvgIpc) is 3.17. The first kappa shape index (κ1) is 9.85. The molecule has 0 bridgehead atoms. The fourth-order valence-electron chi connectivity index (χ4n) is 2.23. The van der Waals surface area contributed by atoms with Crippen molar-refractivity contribution in [3.05, 3.63) is 35.5 Å². The molecule has 4 rings (SSSR count). The maximum atomic E-state index is 12.0. The standard InChI is InChI=1S/C13H10N2O3/c16-13(10-6-18-10)12-8-5-17-9-4-2-1-3-7(9)11(8)14-15-12/h1-4,10H,5-6H2,(H,14,15). The molecule has 0 spiro atoms. The van der Waals surface area contributed by atoms with Gasteiger partial charge >= 0.3 is 0 Å². The number of epoxide rings is 1. The molecule has 1 aromatic heterocycles. The highest BCUT2D eigenvalue weighted by Crippen LogP contribution is 2.37. The number of para-hydroxylation sites is 1. The number of rotatable bonds is 2. The van der Waals surface area contributed by atoms with E-state index in [2.05, 4.69) is 10.2 Å². The van der Waals surface area contributed by atoms with Crippen LogP contribution in [0.5, 0.6) is 5.75 Å². The van der Waals surface area contributed by atoms with Crippen molar-refractivity contribution in [3.8, 4) is 17.0 Å². The Morgan fingerprint density at radius 1 is 1.39 bits per heavy atom. The van der Waals surface area contributed by atoms with Crippen molar-refractivity contribution in [2.45, 2.75) is 12.7 Å². The number of benzene rings is 1. The molecule has 0 aliphatic carbocycles. The van der Waals surface area contributed by atoms with Gasteiger partial charge in [-0.2, -0.15) is 5.10 Å². The smallest absolute Gasteiger partial charge is 0.212 e. The number of aromatic nitrogens is 2. The average molecular weight is 242 g/mol. The van der Waals surface area contributed by atoms with Gasteiger partial charge in [-0.1, -0.05) is 12.1 Å². The second-order valence-corrected chi connectivity index (χ2v) is 4.40. The lowest BCUT2D eigenvalue weighted by Gasteiger charge is -2.16. The molecule has 3 heterocycles. The normalized spacial score (nSPS) is 19.7. The summed E-state index contributed by atoms with van der Waals surface area (Å²) in [6.45, 7) is 0.876. The Morgan fingerprint density at radius 2 is 2.22 bits per heavy atom. The van der Waals surface area contributed by atoms with Crippen LogP contribution in [0.3, 0.4) is 0 Å². The van der Waals surface area contributed by atoms with E-state index in [1.807, 2.05) is 24.3 Å². The number of hydrogen-bond acceptors (Lipinski definition) is 4. The zero-order chi connectivity index (χ0) is 12.1. The number of nitrogens with one attached hydrogen (secondary N) is 1. The van der Waals surface area contributed by atoms with Crippen molar-refractivity contribution in [2.75, 3.05) is 6.61 Å². The Labute approximate surface area is 103 Å². The van der Waals surface area contributed by atoms with Crippen molar-refractivity contribution >= 4 is 5.78 Å². The molecule has 2 aromatic rings. The molecule has 0 saturated carbocycles. The van der Waals surface area contributed by atoms with Gasteiger partial charge in [0.15, 0.2) is 0 Å². The summed E-state index contributed by atoms with van der Waals surface area (Å²) < 4.78 is 10.7. The number of H-pyrrole nitrogens is 1. The first-order valence-corrected chi connectivity index (χ1v) is 5.80. The van der Waals surface area contributed by atoms with Crippen LogP contribution in [0.15, 0.2) is 24.3 Å². The van der Waals surface area contributed by atoms with Crippen molar-refractivity contribution < 1.29 is 14.3 Å². The van der Waals surface area contributed by atoms with Gasteiger partial charge in [-0.3, -0.25) is 9.89 Å². The van der Waals surface area contributed by atoms with Crippen LogP contribution in [0.1, 0.15) is 16.1 Å². The fourth-order valence-corrected chi connectivity index (χ4v) is 2.23. The van der Waals surface area contributed by atoms with Crippen molar-refractivity contribution in [3.63, 3.8) is 0 Å². The van der Waals surface area contributed by atoms with Gasteiger partial charge in [0.05, 0.1) is 6.61 Å². The van der Waals surface area contributed by atoms with E-state index in [0.717, 1.165) is 22.6 Å². The molecule has 18 heavy (non-hydrogen) atoms. The predicted molar refractivity (Wildman–Crippen MR) is 62.4 cm³/mol. The number of ether oxygens (including phenoxy) is 2. The molecule has 5 nitrogen and oxygen atoms in total. The van der Waals surface area contributed by atoms with E-state index in [-0.39, 0.29) is 11.9 Å². The molecular weight excluding hydrogens is 232 g/mol. The van der Waals surface area contributed by atoms with Gasteiger partial charge in [0.1, 0.15) is 29.8 Å². The molecule has 1 saturated heterocycles. The van der Waals surface area contributed by atoms with Crippen LogP contribution in [0.4, 0.5) is 0 Å². The second kappa shape index (κ2) is 3.43. The Hall–Kier alpha value is -2.14. The maximum Gasteiger partial charge on any atom is 0.212 e. The van der Waals surface area contributed by atoms with Crippen LogP contribution in [-0.2, 0) is 11.3 Å². The van der Waals surface area contributed by atoms with Gasteiger partial charge in [-0.15, -0.1) is 0 Å². The summed E-state index contributed by atoms with van der Waals surface area (Å²) in [5.41, 5.74) is 3.07. The summed E-state index contributed by atoms with van der Waals surface area (Å²) in [6.07, 6.45) is -0.299. The minimum absolute atomic E-state index is 0.0354. The largest absolute Gasteiger partial charge is 0.488 e. The van der Waals surface area contributed by atoms with Crippen LogP contribution in [0.25, 0.3) is 11.3 Å². The van der Waals surface area contributed by atoms with Gasteiger partial charge in [0.2, 0.25) is 5.78 Å². The molecule has 1 unspecified atom stereocenters. The molecule has 2 aliphatic rings. The monoisotopic (exact) mass is 242 g/mol. The van der Waals surface area contributed by atoms with Crippen molar-refractivity contribution in [2.24, 2.45) is 0 Å². The van der Waals surface area contributed by atoms with E-state index in [1.165, 1.54) is 0 Å². The number of Topliss-reactive ketones (excluding diaryl/α,β-unsaturated/α-hetero) is 1. The molecule has 1 N–H and O–H groups in total. The van der Waals surface area contributed by atoms with Crippen LogP contribution in [-0.4, -0.2) is 28.7 Å². The van der Waals surface area contributed by atoms with Gasteiger partial charge < -0.3 is 9.47 Å². The highest BCUT2D eigenvalue weighted by Gasteiger charge is 2.36. The number of carbonyl (C=O) groups excluding carboxylic acids is 1. The quantitative estimate of drug-likeness (QED) is 0.641. The first-order valence-electron chi connectivity index (χ1n) is 5.80. The first-order chi connectivity index (χ1) is 8.84. The molecule has 0 radical (unpaired) electrons. The molecule has 90 valence electrons. The van der Waals surface area contributed by atoms with E-state index in [9.17, 15) is 4.79 Å². The van der Waals surface area contributed by atoms with E-state index in [4.69, 9.17) is 9.47 Å². The summed E-state index contributed by atoms with van der Waals surface area (Å²) >= 11 is 0. The van der Waals surface area contributed by atoms with Crippen LogP contribution in [0.2, 0.25) is 0 Å². The van der Waals surface area contributed by atoms with E-state index >= 15 is 0 Å². The Bertz CT molecular complexity index is 643. The number of aromatic amines is 1. The van der Waals surface area contributed by atoms with Crippen molar-refractivity contribution in [1.82, 2.24) is 10.2 Å². The van der Waals surface area contributed by atoms with E-state index < -0.39 is 0 Å². The third-order valence-corrected chi connectivity index (χ3v) is 3.25. The summed E-state index contributed by atoms with van der Waals surface area (Å²) in [5, 5.41) is 7.07. The van der Waals surface area contributed by atoms with Gasteiger partial charge in [-0.25, -0.2) is 0 Å². The Balaban J connectivity index is 1.84. The van der Waals surface area contributed by atoms with Crippen LogP contribution >= 0.6 is 0 Å². The Morgan fingerprint density at radius 3 is 3.06 bits per heavy atom. The minimum Gasteiger partial charge on any atom is -0.488 e. The molecule has 1 aromatic carbocycles. The second-order valence-electron chi connectivity index (χ2n) is 4.40. The highest BCUT2D eigenvalue weighted by atomic mass is 16.6. The minimum atomic E-state index is -0.299. The third kappa shape index (κ3) is 1.31. The fraction of sp³-hybridized carbons (Fsp3) is 0.231. The van der Waals surface area contributed by atoms with E-state index in [1.54, 1.807) is 0 Å². The van der Waals surface area contributed by atoms with Crippen LogP contribution < -0.4 is 4.74 Å². The van der Waals surface area contributed by atoms with Gasteiger partial charge in [0.25, 0.3) is 0 Å². The maximum absolute atomic E-state index is 12.0. The number of nitrogens with zero attached hydrogens (tertiary/aromatic N) is 1. The molecule has 2 aliphatic heterocycles. The summed E-state index contributed by atoms with van der Waals surface area (Å²) in [7, 11) is 0. The predicted octanol–water partition coefficient (Wildman–Crippen LogP) is 1.55. The summed E-state index contributed by atoms with van der Waals surface area (Å²) in [4.78, 5) is 12.0. The summed E-state index contributed by atoms with van der Waals surface area (Å²) in [6, 6.07) is 7.69. The lowest BCUT2D eigenvalue weighted by molar-refractivity contribution is 0.0946. The topological polar surface area (TPSA) is 67.5 Å². The number of carbonyl (C=O) groups is 1. The lowest BCUT2D eigenvalue weighted by atomic mass is 10.0. The third-order valence-electron chi connectivity index (χ3n) is 3.25. The molecule has 5 heteroatoms.